The Labute approximate surface area is 176 Å². The molecule has 1 aromatic rings. The summed E-state index contributed by atoms with van der Waals surface area (Å²) in [7, 11) is 5.54. The third kappa shape index (κ3) is 5.30. The first-order valence-electron chi connectivity index (χ1n) is 10.4. The third-order valence-corrected chi connectivity index (χ3v) is 6.58. The van der Waals surface area contributed by atoms with Gasteiger partial charge in [-0.1, -0.05) is 31.3 Å². The molecule has 9 heteroatoms. The minimum absolute atomic E-state index is 0.0934. The zero-order valence-electron chi connectivity index (χ0n) is 16.9. The van der Waals surface area contributed by atoms with Crippen molar-refractivity contribution in [2.75, 3.05) is 0 Å². The van der Waals surface area contributed by atoms with E-state index >= 15 is 0 Å². The molecule has 2 aliphatic rings. The summed E-state index contributed by atoms with van der Waals surface area (Å²) in [6, 6.07) is 6.40. The number of benzene rings is 1. The Balaban J connectivity index is 1.64. The maximum atomic E-state index is 12.3. The lowest BCUT2D eigenvalue weighted by atomic mass is 9.73. The number of halogens is 3. The molecule has 2 aliphatic heterocycles. The molecule has 2 heterocycles. The van der Waals surface area contributed by atoms with E-state index in [1.807, 2.05) is 0 Å². The molecule has 2 saturated heterocycles. The second kappa shape index (κ2) is 9.18. The summed E-state index contributed by atoms with van der Waals surface area (Å²) in [5.41, 5.74) is 6.07. The van der Waals surface area contributed by atoms with E-state index in [0.29, 0.717) is 25.7 Å². The number of piperidine rings is 1. The van der Waals surface area contributed by atoms with E-state index in [1.165, 1.54) is 12.1 Å². The van der Waals surface area contributed by atoms with Crippen LogP contribution in [0.15, 0.2) is 24.3 Å². The van der Waals surface area contributed by atoms with Gasteiger partial charge in [-0.2, -0.15) is 0 Å². The van der Waals surface area contributed by atoms with Gasteiger partial charge in [-0.05, 0) is 55.7 Å². The van der Waals surface area contributed by atoms with Crippen LogP contribution in [0.3, 0.4) is 0 Å². The minimum atomic E-state index is -4.70. The molecular formula is C21H28BF3N2O3. The van der Waals surface area contributed by atoms with E-state index < -0.39 is 17.9 Å². The Hall–Kier alpha value is -1.74. The van der Waals surface area contributed by atoms with Crippen molar-refractivity contribution in [2.24, 2.45) is 11.7 Å². The van der Waals surface area contributed by atoms with Gasteiger partial charge in [0.15, 0.2) is 0 Å². The van der Waals surface area contributed by atoms with Crippen molar-refractivity contribution in [3.8, 4) is 5.75 Å². The molecule has 0 spiro atoms. The van der Waals surface area contributed by atoms with Crippen LogP contribution in [0.2, 0.25) is 6.32 Å². The summed E-state index contributed by atoms with van der Waals surface area (Å²) < 4.78 is 40.9. The van der Waals surface area contributed by atoms with Crippen molar-refractivity contribution in [3.63, 3.8) is 0 Å². The highest BCUT2D eigenvalue weighted by Gasteiger charge is 2.50. The highest BCUT2D eigenvalue weighted by atomic mass is 19.4. The van der Waals surface area contributed by atoms with Gasteiger partial charge in [0.05, 0.1) is 7.85 Å². The van der Waals surface area contributed by atoms with Crippen LogP contribution in [0.1, 0.15) is 50.5 Å². The van der Waals surface area contributed by atoms with Crippen LogP contribution in [-0.2, 0) is 11.3 Å². The second-order valence-electron chi connectivity index (χ2n) is 8.51. The predicted octanol–water partition coefficient (Wildman–Crippen LogP) is 3.87. The van der Waals surface area contributed by atoms with Gasteiger partial charge in [0.25, 0.3) is 0 Å². The first-order chi connectivity index (χ1) is 14.1. The van der Waals surface area contributed by atoms with Gasteiger partial charge >= 0.3 is 12.3 Å². The zero-order valence-corrected chi connectivity index (χ0v) is 16.9. The van der Waals surface area contributed by atoms with E-state index in [0.717, 1.165) is 37.7 Å². The smallest absolute Gasteiger partial charge is 0.480 e. The van der Waals surface area contributed by atoms with Crippen LogP contribution >= 0.6 is 0 Å². The Morgan fingerprint density at radius 1 is 1.17 bits per heavy atom. The molecule has 5 nitrogen and oxygen atoms in total. The molecule has 3 unspecified atom stereocenters. The number of carboxylic acid groups (broad SMARTS) is 1. The average molecular weight is 424 g/mol. The standard InChI is InChI=1S/C21H28BF3N2O3/c22-10-2-1-9-20(26,19(28)29)15-11-16-5-6-17(12-15)27(16)13-14-3-7-18(8-4-14)30-21(23,24)25/h3-4,7-8,15-17H,1-2,5-6,9-13,26H2,(H,28,29). The number of carbonyl (C=O) groups is 1. The molecule has 164 valence electrons. The molecule has 0 saturated carbocycles. The highest BCUT2D eigenvalue weighted by Crippen LogP contribution is 2.44. The fourth-order valence-corrected chi connectivity index (χ4v) is 5.01. The van der Waals surface area contributed by atoms with Crippen LogP contribution in [0, 0.1) is 5.92 Å². The van der Waals surface area contributed by atoms with Crippen LogP contribution in [0.25, 0.3) is 0 Å². The van der Waals surface area contributed by atoms with Crippen LogP contribution in [-0.4, -0.2) is 47.8 Å². The SMILES string of the molecule is [B]CCCCC(N)(C(=O)O)C1CC2CCC(C1)N2Cc1ccc(OC(F)(F)F)cc1. The summed E-state index contributed by atoms with van der Waals surface area (Å²) >= 11 is 0. The quantitative estimate of drug-likeness (QED) is 0.465. The highest BCUT2D eigenvalue weighted by molar-refractivity contribution is 6.08. The Kier molecular flexibility index (Phi) is 7.02. The number of nitrogens with zero attached hydrogens (tertiary/aromatic N) is 1. The fraction of sp³-hybridized carbons (Fsp3) is 0.667. The molecule has 3 rings (SSSR count). The maximum absolute atomic E-state index is 12.3. The Morgan fingerprint density at radius 2 is 1.77 bits per heavy atom. The molecule has 2 fully saturated rings. The first kappa shape index (κ1) is 22.9. The molecule has 2 bridgehead atoms. The molecule has 3 N–H and O–H groups in total. The number of nitrogens with two attached hydrogens (primary N) is 1. The number of hydrogen-bond acceptors (Lipinski definition) is 4. The van der Waals surface area contributed by atoms with Gasteiger partial charge in [-0.25, -0.2) is 0 Å². The largest absolute Gasteiger partial charge is 0.573 e. The van der Waals surface area contributed by atoms with Gasteiger partial charge in [-0.3, -0.25) is 9.69 Å². The monoisotopic (exact) mass is 424 g/mol. The summed E-state index contributed by atoms with van der Waals surface area (Å²) in [4.78, 5) is 14.3. The molecule has 30 heavy (non-hydrogen) atoms. The molecule has 0 aromatic heterocycles. The molecule has 2 radical (unpaired) electrons. The summed E-state index contributed by atoms with van der Waals surface area (Å²) in [5.74, 6) is -1.28. The number of rotatable bonds is 9. The molecule has 0 amide bonds. The molecule has 0 aliphatic carbocycles. The van der Waals surface area contributed by atoms with Gasteiger partial charge in [0.1, 0.15) is 11.3 Å². The number of carboxylic acids is 1. The van der Waals surface area contributed by atoms with Gasteiger partial charge < -0.3 is 15.6 Å². The zero-order chi connectivity index (χ0) is 21.9. The van der Waals surface area contributed by atoms with Gasteiger partial charge in [-0.15, -0.1) is 13.2 Å². The van der Waals surface area contributed by atoms with Crippen molar-refractivity contribution in [1.29, 1.82) is 0 Å². The van der Waals surface area contributed by atoms with Gasteiger partial charge in [0, 0.05) is 18.6 Å². The first-order valence-corrected chi connectivity index (χ1v) is 10.4. The van der Waals surface area contributed by atoms with E-state index in [1.54, 1.807) is 12.1 Å². The van der Waals surface area contributed by atoms with Crippen LogP contribution in [0.4, 0.5) is 13.2 Å². The fourth-order valence-electron chi connectivity index (χ4n) is 5.01. The van der Waals surface area contributed by atoms with Gasteiger partial charge in [0.2, 0.25) is 0 Å². The Morgan fingerprint density at radius 3 is 2.27 bits per heavy atom. The number of fused-ring (bicyclic) bond motifs is 2. The number of unbranched alkanes of at least 4 members (excludes halogenated alkanes) is 1. The van der Waals surface area contributed by atoms with E-state index in [4.69, 9.17) is 13.6 Å². The minimum Gasteiger partial charge on any atom is -0.480 e. The van der Waals surface area contributed by atoms with Crippen molar-refractivity contribution >= 4 is 13.8 Å². The van der Waals surface area contributed by atoms with E-state index in [9.17, 15) is 23.1 Å². The van der Waals surface area contributed by atoms with Crippen molar-refractivity contribution in [3.05, 3.63) is 29.8 Å². The lowest BCUT2D eigenvalue weighted by molar-refractivity contribution is -0.274. The third-order valence-electron chi connectivity index (χ3n) is 6.58. The topological polar surface area (TPSA) is 75.8 Å². The molecular weight excluding hydrogens is 396 g/mol. The van der Waals surface area contributed by atoms with Crippen LogP contribution in [0.5, 0.6) is 5.75 Å². The predicted molar refractivity (Wildman–Crippen MR) is 107 cm³/mol. The lowest BCUT2D eigenvalue weighted by Gasteiger charge is -2.44. The average Bonchev–Trinajstić information content (AvgIpc) is 2.89. The van der Waals surface area contributed by atoms with Crippen LogP contribution < -0.4 is 10.5 Å². The number of ether oxygens (including phenoxy) is 1. The second-order valence-corrected chi connectivity index (χ2v) is 8.51. The van der Waals surface area contributed by atoms with E-state index in [-0.39, 0.29) is 23.8 Å². The Bertz CT molecular complexity index is 717. The molecule has 3 atom stereocenters. The summed E-state index contributed by atoms with van der Waals surface area (Å²) in [6.07, 6.45) is 1.09. The summed E-state index contributed by atoms with van der Waals surface area (Å²) in [6.45, 7) is 0.617. The van der Waals surface area contributed by atoms with Crippen molar-refractivity contribution in [1.82, 2.24) is 4.90 Å². The number of aliphatic carboxylic acids is 1. The maximum Gasteiger partial charge on any atom is 0.573 e. The lowest BCUT2D eigenvalue weighted by Crippen LogP contribution is -2.58. The summed E-state index contributed by atoms with van der Waals surface area (Å²) in [5, 5.41) is 9.82. The number of hydrogen-bond donors (Lipinski definition) is 2. The van der Waals surface area contributed by atoms with Crippen molar-refractivity contribution in [2.45, 2.75) is 81.8 Å². The van der Waals surface area contributed by atoms with Crippen molar-refractivity contribution < 1.29 is 27.8 Å². The molecule has 1 aromatic carbocycles. The van der Waals surface area contributed by atoms with E-state index in [2.05, 4.69) is 9.64 Å². The number of alkyl halides is 3. The normalized spacial score (nSPS) is 26.3.